The molecule has 0 spiro atoms. The van der Waals surface area contributed by atoms with Gasteiger partial charge in [-0.2, -0.15) is 0 Å². The van der Waals surface area contributed by atoms with Gasteiger partial charge in [-0.15, -0.1) is 0 Å². The number of alkyl halides is 1. The lowest BCUT2D eigenvalue weighted by Crippen LogP contribution is -2.34. The number of aliphatic hydroxyl groups excluding tert-OH is 1. The highest BCUT2D eigenvalue weighted by molar-refractivity contribution is 9.10. The molecule has 1 aliphatic carbocycles. The Morgan fingerprint density at radius 3 is 2.79 bits per heavy atom. The average molecular weight is 266 g/mol. The van der Waals surface area contributed by atoms with Crippen LogP contribution in [0.5, 0.6) is 0 Å². The molecule has 5 heteroatoms. The predicted octanol–water partition coefficient (Wildman–Crippen LogP) is 0.285. The largest absolute Gasteiger partial charge is 0.468 e. The van der Waals surface area contributed by atoms with Crippen LogP contribution in [0.15, 0.2) is 0 Å². The molecule has 0 amide bonds. The van der Waals surface area contributed by atoms with Crippen molar-refractivity contribution in [2.24, 2.45) is 5.41 Å². The molecule has 0 aromatic rings. The number of methoxy groups -OCH3 is 1. The van der Waals surface area contributed by atoms with Gasteiger partial charge < -0.3 is 15.2 Å². The predicted molar refractivity (Wildman–Crippen MR) is 56.4 cm³/mol. The number of ether oxygens (including phenoxy) is 1. The van der Waals surface area contributed by atoms with Crippen LogP contribution >= 0.6 is 15.9 Å². The average Bonchev–Trinajstić information content (AvgIpc) is 2.97. The molecular formula is C9H16BrNO3. The van der Waals surface area contributed by atoms with E-state index in [1.54, 1.807) is 0 Å². The molecule has 4 nitrogen and oxygen atoms in total. The van der Waals surface area contributed by atoms with Crippen molar-refractivity contribution in [1.82, 2.24) is 5.32 Å². The summed E-state index contributed by atoms with van der Waals surface area (Å²) in [6.45, 7) is 1.53. The van der Waals surface area contributed by atoms with E-state index in [1.807, 2.05) is 0 Å². The van der Waals surface area contributed by atoms with Crippen molar-refractivity contribution < 1.29 is 14.6 Å². The van der Waals surface area contributed by atoms with Gasteiger partial charge in [-0.25, -0.2) is 0 Å². The van der Waals surface area contributed by atoms with E-state index in [0.29, 0.717) is 6.54 Å². The Bertz CT molecular complexity index is 206. The highest BCUT2D eigenvalue weighted by Gasteiger charge is 2.41. The molecule has 0 heterocycles. The Hall–Kier alpha value is -0.130. The second kappa shape index (κ2) is 5.09. The molecule has 0 radical (unpaired) electrons. The number of esters is 1. The molecule has 0 aliphatic heterocycles. The first-order valence-electron chi connectivity index (χ1n) is 4.67. The minimum atomic E-state index is -0.304. The standard InChI is InChI=1S/C9H16BrNO3/c1-14-8(13)7(10)4-11-5-9(6-12)2-3-9/h7,11-12H,2-6H2,1H3. The zero-order valence-electron chi connectivity index (χ0n) is 8.25. The van der Waals surface area contributed by atoms with Crippen LogP contribution in [0.25, 0.3) is 0 Å². The smallest absolute Gasteiger partial charge is 0.320 e. The van der Waals surface area contributed by atoms with Crippen LogP contribution < -0.4 is 5.32 Å². The molecule has 1 atom stereocenters. The van der Waals surface area contributed by atoms with Gasteiger partial charge in [0.1, 0.15) is 4.83 Å². The van der Waals surface area contributed by atoms with Crippen LogP contribution in [0.3, 0.4) is 0 Å². The maximum Gasteiger partial charge on any atom is 0.320 e. The Balaban J connectivity index is 2.12. The van der Waals surface area contributed by atoms with Crippen molar-refractivity contribution in [2.75, 3.05) is 26.8 Å². The fourth-order valence-corrected chi connectivity index (χ4v) is 1.66. The number of carbonyl (C=O) groups is 1. The molecule has 14 heavy (non-hydrogen) atoms. The third-order valence-corrected chi connectivity index (χ3v) is 3.27. The Kier molecular flexibility index (Phi) is 4.34. The number of carbonyl (C=O) groups excluding carboxylic acids is 1. The zero-order valence-corrected chi connectivity index (χ0v) is 9.84. The van der Waals surface area contributed by atoms with Crippen molar-refractivity contribution in [1.29, 1.82) is 0 Å². The lowest BCUT2D eigenvalue weighted by molar-refractivity contribution is -0.139. The van der Waals surface area contributed by atoms with Crippen LogP contribution in [0.2, 0.25) is 0 Å². The summed E-state index contributed by atoms with van der Waals surface area (Å²) in [5.74, 6) is -0.272. The molecule has 0 aromatic carbocycles. The first-order chi connectivity index (χ1) is 6.63. The molecule has 1 aliphatic rings. The normalized spacial score (nSPS) is 20.2. The van der Waals surface area contributed by atoms with Crippen LogP contribution in [0, 0.1) is 5.41 Å². The van der Waals surface area contributed by atoms with E-state index < -0.39 is 0 Å². The van der Waals surface area contributed by atoms with Gasteiger partial charge in [0.25, 0.3) is 0 Å². The van der Waals surface area contributed by atoms with Gasteiger partial charge >= 0.3 is 5.97 Å². The summed E-state index contributed by atoms with van der Waals surface area (Å²) < 4.78 is 4.56. The van der Waals surface area contributed by atoms with Gasteiger partial charge in [0.15, 0.2) is 0 Å². The molecular weight excluding hydrogens is 250 g/mol. The van der Waals surface area contributed by atoms with Gasteiger partial charge in [-0.05, 0) is 12.8 Å². The Morgan fingerprint density at radius 1 is 1.71 bits per heavy atom. The Labute approximate surface area is 92.1 Å². The molecule has 0 aromatic heterocycles. The topological polar surface area (TPSA) is 58.6 Å². The van der Waals surface area contributed by atoms with Crippen LogP contribution in [-0.2, 0) is 9.53 Å². The van der Waals surface area contributed by atoms with Crippen molar-refractivity contribution in [3.05, 3.63) is 0 Å². The quantitative estimate of drug-likeness (QED) is 0.535. The number of halogens is 1. The molecule has 0 saturated heterocycles. The molecule has 1 fully saturated rings. The number of nitrogens with one attached hydrogen (secondary N) is 1. The molecule has 0 bridgehead atoms. The summed E-state index contributed by atoms with van der Waals surface area (Å²) in [5, 5.41) is 12.2. The highest BCUT2D eigenvalue weighted by Crippen LogP contribution is 2.44. The number of rotatable bonds is 6. The fourth-order valence-electron chi connectivity index (χ4n) is 1.24. The van der Waals surface area contributed by atoms with E-state index in [1.165, 1.54) is 7.11 Å². The van der Waals surface area contributed by atoms with Crippen LogP contribution in [-0.4, -0.2) is 42.7 Å². The summed E-state index contributed by atoms with van der Waals surface area (Å²) in [6.07, 6.45) is 2.14. The van der Waals surface area contributed by atoms with Crippen LogP contribution in [0.4, 0.5) is 0 Å². The first kappa shape index (κ1) is 11.9. The maximum atomic E-state index is 11.0. The van der Waals surface area contributed by atoms with Gasteiger partial charge in [0.2, 0.25) is 0 Å². The lowest BCUT2D eigenvalue weighted by Gasteiger charge is -2.14. The lowest BCUT2D eigenvalue weighted by atomic mass is 10.1. The van der Waals surface area contributed by atoms with E-state index in [2.05, 4.69) is 26.0 Å². The summed E-state index contributed by atoms with van der Waals surface area (Å²) >= 11 is 3.21. The van der Waals surface area contributed by atoms with Crippen molar-refractivity contribution in [3.63, 3.8) is 0 Å². The SMILES string of the molecule is COC(=O)C(Br)CNCC1(CO)CC1. The van der Waals surface area contributed by atoms with E-state index >= 15 is 0 Å². The molecule has 82 valence electrons. The minimum absolute atomic E-state index is 0.0862. The number of aliphatic hydroxyl groups is 1. The van der Waals surface area contributed by atoms with Gasteiger partial charge in [0.05, 0.1) is 7.11 Å². The Morgan fingerprint density at radius 2 is 2.36 bits per heavy atom. The molecule has 1 saturated carbocycles. The molecule has 1 unspecified atom stereocenters. The van der Waals surface area contributed by atoms with Gasteiger partial charge in [-0.3, -0.25) is 4.79 Å². The van der Waals surface area contributed by atoms with Gasteiger partial charge in [0, 0.05) is 25.1 Å². The number of hydrogen-bond donors (Lipinski definition) is 2. The van der Waals surface area contributed by atoms with Crippen LogP contribution in [0.1, 0.15) is 12.8 Å². The zero-order chi connectivity index (χ0) is 10.6. The van der Waals surface area contributed by atoms with Crippen molar-refractivity contribution in [3.8, 4) is 0 Å². The number of hydrogen-bond acceptors (Lipinski definition) is 4. The monoisotopic (exact) mass is 265 g/mol. The third kappa shape index (κ3) is 3.22. The van der Waals surface area contributed by atoms with Crippen molar-refractivity contribution in [2.45, 2.75) is 17.7 Å². The molecule has 2 N–H and O–H groups in total. The van der Waals surface area contributed by atoms with Gasteiger partial charge in [-0.1, -0.05) is 15.9 Å². The summed E-state index contributed by atoms with van der Waals surface area (Å²) in [4.78, 5) is 10.7. The summed E-state index contributed by atoms with van der Waals surface area (Å²) in [6, 6.07) is 0. The van der Waals surface area contributed by atoms with E-state index in [0.717, 1.165) is 19.4 Å². The fraction of sp³-hybridized carbons (Fsp3) is 0.889. The maximum absolute atomic E-state index is 11.0. The summed E-state index contributed by atoms with van der Waals surface area (Å²) in [7, 11) is 1.37. The third-order valence-electron chi connectivity index (χ3n) is 2.57. The van der Waals surface area contributed by atoms with E-state index in [4.69, 9.17) is 5.11 Å². The second-order valence-corrected chi connectivity index (χ2v) is 4.89. The second-order valence-electron chi connectivity index (χ2n) is 3.78. The molecule has 1 rings (SSSR count). The highest BCUT2D eigenvalue weighted by atomic mass is 79.9. The summed E-state index contributed by atoms with van der Waals surface area (Å²) in [5.41, 5.74) is 0.0862. The van der Waals surface area contributed by atoms with E-state index in [9.17, 15) is 4.79 Å². The first-order valence-corrected chi connectivity index (χ1v) is 5.58. The van der Waals surface area contributed by atoms with Crippen molar-refractivity contribution >= 4 is 21.9 Å². The van der Waals surface area contributed by atoms with E-state index in [-0.39, 0.29) is 22.8 Å². The minimum Gasteiger partial charge on any atom is -0.468 e.